The SMILES string of the molecule is CN=CC(=C(N)C(=O)N1CC(F)(F)C[C@@H](C)C1COc1ccc(C(F)(F)F)cn1)c1ccccn1. The number of carbonyl (C=O) groups excluding carboxylic acids is 1. The minimum atomic E-state index is -4.56. The summed E-state index contributed by atoms with van der Waals surface area (Å²) < 4.78 is 72.6. The number of halogens is 5. The molecule has 1 aliphatic heterocycles. The van der Waals surface area contributed by atoms with Gasteiger partial charge >= 0.3 is 6.18 Å². The van der Waals surface area contributed by atoms with Crippen molar-refractivity contribution >= 4 is 17.7 Å². The first-order chi connectivity index (χ1) is 16.4. The Morgan fingerprint density at radius 3 is 2.60 bits per heavy atom. The largest absolute Gasteiger partial charge is 0.475 e. The molecule has 35 heavy (non-hydrogen) atoms. The lowest BCUT2D eigenvalue weighted by atomic mass is 9.88. The van der Waals surface area contributed by atoms with Gasteiger partial charge in [-0.05, 0) is 24.1 Å². The Balaban J connectivity index is 1.88. The van der Waals surface area contributed by atoms with E-state index in [0.717, 1.165) is 17.0 Å². The minimum Gasteiger partial charge on any atom is -0.475 e. The van der Waals surface area contributed by atoms with E-state index in [1.165, 1.54) is 26.4 Å². The quantitative estimate of drug-likeness (QED) is 0.372. The van der Waals surface area contributed by atoms with Gasteiger partial charge in [0.1, 0.15) is 12.3 Å². The van der Waals surface area contributed by atoms with Gasteiger partial charge < -0.3 is 15.4 Å². The molecule has 0 bridgehead atoms. The molecule has 3 heterocycles. The second-order valence-corrected chi connectivity index (χ2v) is 8.16. The second-order valence-electron chi connectivity index (χ2n) is 8.16. The predicted molar refractivity (Wildman–Crippen MR) is 119 cm³/mol. The van der Waals surface area contributed by atoms with Crippen molar-refractivity contribution in [2.75, 3.05) is 20.2 Å². The Hall–Kier alpha value is -3.57. The Bertz CT molecular complexity index is 1090. The van der Waals surface area contributed by atoms with Crippen LogP contribution in [0.1, 0.15) is 24.6 Å². The highest BCUT2D eigenvalue weighted by atomic mass is 19.4. The number of nitrogens with zero attached hydrogens (tertiary/aromatic N) is 4. The monoisotopic (exact) mass is 497 g/mol. The van der Waals surface area contributed by atoms with E-state index in [0.29, 0.717) is 11.9 Å². The van der Waals surface area contributed by atoms with Crippen LogP contribution in [-0.4, -0.2) is 59.2 Å². The fourth-order valence-corrected chi connectivity index (χ4v) is 3.82. The van der Waals surface area contributed by atoms with Crippen molar-refractivity contribution in [3.8, 4) is 5.88 Å². The van der Waals surface area contributed by atoms with E-state index < -0.39 is 48.5 Å². The van der Waals surface area contributed by atoms with Crippen LogP contribution in [0.4, 0.5) is 22.0 Å². The fourth-order valence-electron chi connectivity index (χ4n) is 3.82. The van der Waals surface area contributed by atoms with E-state index in [-0.39, 0.29) is 23.8 Å². The molecule has 3 rings (SSSR count). The molecule has 2 atom stereocenters. The lowest BCUT2D eigenvalue weighted by Crippen LogP contribution is -2.58. The highest BCUT2D eigenvalue weighted by molar-refractivity contribution is 6.17. The zero-order valence-corrected chi connectivity index (χ0v) is 19.0. The third kappa shape index (κ3) is 6.31. The number of carbonyl (C=O) groups is 1. The van der Waals surface area contributed by atoms with E-state index in [9.17, 15) is 26.7 Å². The van der Waals surface area contributed by atoms with Crippen LogP contribution in [0.25, 0.3) is 5.57 Å². The molecule has 1 unspecified atom stereocenters. The summed E-state index contributed by atoms with van der Waals surface area (Å²) in [4.78, 5) is 25.9. The predicted octanol–water partition coefficient (Wildman–Crippen LogP) is 3.82. The lowest BCUT2D eigenvalue weighted by Gasteiger charge is -2.43. The van der Waals surface area contributed by atoms with Gasteiger partial charge in [-0.2, -0.15) is 13.2 Å². The van der Waals surface area contributed by atoms with Crippen molar-refractivity contribution in [2.24, 2.45) is 16.6 Å². The molecular formula is C23H24F5N5O2. The molecule has 2 aromatic heterocycles. The van der Waals surface area contributed by atoms with Gasteiger partial charge in [0.15, 0.2) is 0 Å². The summed E-state index contributed by atoms with van der Waals surface area (Å²) in [5, 5.41) is 0. The van der Waals surface area contributed by atoms with E-state index in [2.05, 4.69) is 15.0 Å². The number of amides is 1. The molecule has 0 aliphatic carbocycles. The molecule has 7 nitrogen and oxygen atoms in total. The molecule has 1 amide bonds. The Labute approximate surface area is 198 Å². The third-order valence-corrected chi connectivity index (χ3v) is 5.53. The fraction of sp³-hybridized carbons (Fsp3) is 0.391. The van der Waals surface area contributed by atoms with E-state index >= 15 is 0 Å². The van der Waals surface area contributed by atoms with Crippen molar-refractivity contribution < 1.29 is 31.5 Å². The molecule has 2 N–H and O–H groups in total. The number of alkyl halides is 5. The summed E-state index contributed by atoms with van der Waals surface area (Å²) in [7, 11) is 1.46. The molecule has 2 aromatic rings. The first kappa shape index (κ1) is 26.0. The molecule has 0 radical (unpaired) electrons. The molecule has 1 aliphatic rings. The zero-order valence-electron chi connectivity index (χ0n) is 19.0. The van der Waals surface area contributed by atoms with E-state index in [1.54, 1.807) is 18.2 Å². The van der Waals surface area contributed by atoms with Crippen LogP contribution in [0.3, 0.4) is 0 Å². The number of aromatic nitrogens is 2. The molecule has 0 saturated carbocycles. The van der Waals surface area contributed by atoms with Gasteiger partial charge in [-0.15, -0.1) is 0 Å². The summed E-state index contributed by atoms with van der Waals surface area (Å²) >= 11 is 0. The number of hydrogen-bond donors (Lipinski definition) is 1. The maximum absolute atomic E-state index is 14.4. The van der Waals surface area contributed by atoms with Crippen molar-refractivity contribution in [1.29, 1.82) is 0 Å². The number of likely N-dealkylation sites (tertiary alicyclic amines) is 1. The summed E-state index contributed by atoms with van der Waals surface area (Å²) in [6.07, 6.45) is -1.64. The summed E-state index contributed by atoms with van der Waals surface area (Å²) in [6, 6.07) is 5.93. The first-order valence-electron chi connectivity index (χ1n) is 10.6. The average Bonchev–Trinajstić information content (AvgIpc) is 2.80. The normalized spacial score (nSPS) is 21.1. The molecule has 12 heteroatoms. The number of rotatable bonds is 6. The van der Waals surface area contributed by atoms with E-state index in [4.69, 9.17) is 10.5 Å². The van der Waals surface area contributed by atoms with E-state index in [1.807, 2.05) is 0 Å². The van der Waals surface area contributed by atoms with Crippen LogP contribution >= 0.6 is 0 Å². The Kier molecular flexibility index (Phi) is 7.71. The highest BCUT2D eigenvalue weighted by Gasteiger charge is 2.47. The number of aliphatic imine (C=N–C) groups is 1. The first-order valence-corrected chi connectivity index (χ1v) is 10.6. The highest BCUT2D eigenvalue weighted by Crippen LogP contribution is 2.35. The third-order valence-electron chi connectivity index (χ3n) is 5.53. The van der Waals surface area contributed by atoms with Crippen LogP contribution in [0, 0.1) is 5.92 Å². The maximum Gasteiger partial charge on any atom is 0.417 e. The molecule has 188 valence electrons. The Morgan fingerprint density at radius 1 is 1.29 bits per heavy atom. The van der Waals surface area contributed by atoms with Crippen LogP contribution in [0.2, 0.25) is 0 Å². The lowest BCUT2D eigenvalue weighted by molar-refractivity contribution is -0.151. The topological polar surface area (TPSA) is 93.7 Å². The van der Waals surface area contributed by atoms with Gasteiger partial charge in [0.2, 0.25) is 5.88 Å². The van der Waals surface area contributed by atoms with Gasteiger partial charge in [-0.25, -0.2) is 13.8 Å². The minimum absolute atomic E-state index is 0.134. The van der Waals surface area contributed by atoms with Crippen molar-refractivity contribution in [2.45, 2.75) is 31.5 Å². The summed E-state index contributed by atoms with van der Waals surface area (Å²) in [5.41, 5.74) is 5.35. The van der Waals surface area contributed by atoms with Gasteiger partial charge in [-0.1, -0.05) is 13.0 Å². The van der Waals surface area contributed by atoms with Gasteiger partial charge in [0.05, 0.1) is 23.8 Å². The molecule has 1 fully saturated rings. The number of piperidine rings is 1. The van der Waals surface area contributed by atoms with Gasteiger partial charge in [0, 0.05) is 43.7 Å². The average molecular weight is 497 g/mol. The number of pyridine rings is 2. The molecule has 0 aromatic carbocycles. The maximum atomic E-state index is 14.4. The second kappa shape index (κ2) is 10.4. The number of hydrogen-bond acceptors (Lipinski definition) is 6. The Morgan fingerprint density at radius 2 is 2.03 bits per heavy atom. The van der Waals surface area contributed by atoms with Crippen LogP contribution < -0.4 is 10.5 Å². The zero-order chi connectivity index (χ0) is 25.8. The van der Waals surface area contributed by atoms with Crippen LogP contribution in [0.5, 0.6) is 5.88 Å². The van der Waals surface area contributed by atoms with Crippen molar-refractivity contribution in [3.63, 3.8) is 0 Å². The standard InChI is InChI=1S/C23H24F5N5O2/c1-14-9-22(24,25)13-33(18(14)12-35-19-7-6-15(10-32-19)23(26,27)28)21(34)20(29)16(11-30-2)17-5-3-4-8-31-17/h3-8,10-11,14,18H,9,12-13,29H2,1-2H3/t14-,18?/m1/s1. The van der Waals surface area contributed by atoms with Gasteiger partial charge in [-0.3, -0.25) is 14.8 Å². The van der Waals surface area contributed by atoms with Gasteiger partial charge in [0.25, 0.3) is 11.8 Å². The van der Waals surface area contributed by atoms with Crippen LogP contribution in [0.15, 0.2) is 53.4 Å². The summed E-state index contributed by atoms with van der Waals surface area (Å²) in [5.74, 6) is -4.86. The number of nitrogens with two attached hydrogens (primary N) is 1. The molecule has 1 saturated heterocycles. The number of allylic oxidation sites excluding steroid dienone is 1. The molecule has 0 spiro atoms. The van der Waals surface area contributed by atoms with Crippen LogP contribution in [-0.2, 0) is 11.0 Å². The van der Waals surface area contributed by atoms with Crippen molar-refractivity contribution in [3.05, 3.63) is 59.7 Å². The smallest absolute Gasteiger partial charge is 0.417 e. The van der Waals surface area contributed by atoms with Crippen molar-refractivity contribution in [1.82, 2.24) is 14.9 Å². The number of ether oxygens (including phenoxy) is 1. The molecular weight excluding hydrogens is 473 g/mol. The summed E-state index contributed by atoms with van der Waals surface area (Å²) in [6.45, 7) is 0.369.